The van der Waals surface area contributed by atoms with Crippen LogP contribution in [0.1, 0.15) is 11.3 Å². The molecule has 2 aromatic heterocycles. The molecule has 0 saturated carbocycles. The second-order valence-electron chi connectivity index (χ2n) is 3.65. The van der Waals surface area contributed by atoms with Gasteiger partial charge in [-0.15, -0.1) is 0 Å². The molecule has 0 radical (unpaired) electrons. The Kier molecular flexibility index (Phi) is 2.83. The summed E-state index contributed by atoms with van der Waals surface area (Å²) < 4.78 is 36.9. The summed E-state index contributed by atoms with van der Waals surface area (Å²) in [7, 11) is 0. The van der Waals surface area contributed by atoms with E-state index in [0.29, 0.717) is 11.3 Å². The van der Waals surface area contributed by atoms with Crippen LogP contribution in [0, 0.1) is 6.92 Å². The Morgan fingerprint density at radius 1 is 1.06 bits per heavy atom. The fourth-order valence-corrected chi connectivity index (χ4v) is 1.41. The van der Waals surface area contributed by atoms with Crippen LogP contribution in [0.3, 0.4) is 0 Å². The van der Waals surface area contributed by atoms with Crippen LogP contribution in [0.15, 0.2) is 36.7 Å². The second kappa shape index (κ2) is 4.16. The van der Waals surface area contributed by atoms with E-state index in [4.69, 9.17) is 0 Å². The maximum atomic E-state index is 12.3. The summed E-state index contributed by atoms with van der Waals surface area (Å²) in [6.45, 7) is 1.89. The van der Waals surface area contributed by atoms with Crippen LogP contribution in [-0.4, -0.2) is 9.97 Å². The van der Waals surface area contributed by atoms with Gasteiger partial charge in [0.1, 0.15) is 5.69 Å². The van der Waals surface area contributed by atoms with Crippen molar-refractivity contribution in [2.24, 2.45) is 0 Å². The molecule has 0 bridgehead atoms. The Morgan fingerprint density at radius 2 is 1.82 bits per heavy atom. The molecule has 2 heterocycles. The van der Waals surface area contributed by atoms with Crippen molar-refractivity contribution in [1.29, 1.82) is 0 Å². The summed E-state index contributed by atoms with van der Waals surface area (Å²) >= 11 is 0. The van der Waals surface area contributed by atoms with Crippen LogP contribution in [-0.2, 0) is 6.18 Å². The highest BCUT2D eigenvalue weighted by atomic mass is 19.4. The van der Waals surface area contributed by atoms with Gasteiger partial charge < -0.3 is 0 Å². The molecule has 5 heteroatoms. The number of aryl methyl sites for hydroxylation is 1. The van der Waals surface area contributed by atoms with E-state index in [2.05, 4.69) is 9.97 Å². The third-order valence-electron chi connectivity index (χ3n) is 2.27. The molecule has 0 aliphatic heterocycles. The smallest absolute Gasteiger partial charge is 0.256 e. The van der Waals surface area contributed by atoms with Crippen LogP contribution in [0.2, 0.25) is 0 Å². The third kappa shape index (κ3) is 2.61. The number of hydrogen-bond acceptors (Lipinski definition) is 2. The number of alkyl halides is 3. The number of halogens is 3. The van der Waals surface area contributed by atoms with Crippen LogP contribution in [0.5, 0.6) is 0 Å². The highest BCUT2D eigenvalue weighted by molar-refractivity contribution is 5.58. The minimum atomic E-state index is -4.40. The van der Waals surface area contributed by atoms with Gasteiger partial charge in [0, 0.05) is 18.0 Å². The molecule has 88 valence electrons. The van der Waals surface area contributed by atoms with Gasteiger partial charge in [-0.25, -0.2) is 0 Å². The monoisotopic (exact) mass is 238 g/mol. The van der Waals surface area contributed by atoms with Gasteiger partial charge in [-0.1, -0.05) is 0 Å². The molecule has 0 spiro atoms. The lowest BCUT2D eigenvalue weighted by atomic mass is 10.1. The molecule has 0 saturated heterocycles. The van der Waals surface area contributed by atoms with Gasteiger partial charge in [-0.3, -0.25) is 9.97 Å². The fourth-order valence-electron chi connectivity index (χ4n) is 1.41. The molecule has 0 aliphatic rings. The van der Waals surface area contributed by atoms with Gasteiger partial charge in [0.05, 0.1) is 5.69 Å². The van der Waals surface area contributed by atoms with E-state index in [1.807, 2.05) is 13.0 Å². The minimum absolute atomic E-state index is 0.571. The van der Waals surface area contributed by atoms with Crippen molar-refractivity contribution in [1.82, 2.24) is 9.97 Å². The van der Waals surface area contributed by atoms with Crippen LogP contribution in [0.25, 0.3) is 11.3 Å². The molecule has 0 unspecified atom stereocenters. The first kappa shape index (κ1) is 11.6. The summed E-state index contributed by atoms with van der Waals surface area (Å²) in [6, 6.07) is 5.95. The first-order valence-corrected chi connectivity index (χ1v) is 4.93. The van der Waals surface area contributed by atoms with E-state index in [1.165, 1.54) is 12.3 Å². The van der Waals surface area contributed by atoms with E-state index in [-0.39, 0.29) is 0 Å². The van der Waals surface area contributed by atoms with E-state index in [9.17, 15) is 13.2 Å². The minimum Gasteiger partial charge on any atom is -0.256 e. The van der Waals surface area contributed by atoms with Crippen molar-refractivity contribution in [3.05, 3.63) is 47.9 Å². The molecule has 0 N–H and O–H groups in total. The molecule has 2 nitrogen and oxygen atoms in total. The fraction of sp³-hybridized carbons (Fsp3) is 0.167. The number of rotatable bonds is 1. The van der Waals surface area contributed by atoms with Crippen LogP contribution in [0.4, 0.5) is 13.2 Å². The Morgan fingerprint density at radius 3 is 2.35 bits per heavy atom. The Bertz CT molecular complexity index is 518. The molecule has 0 fully saturated rings. The first-order chi connectivity index (χ1) is 7.97. The van der Waals surface area contributed by atoms with E-state index < -0.39 is 11.9 Å². The zero-order valence-electron chi connectivity index (χ0n) is 8.99. The maximum Gasteiger partial charge on any atom is 0.433 e. The predicted molar refractivity (Wildman–Crippen MR) is 57.2 cm³/mol. The van der Waals surface area contributed by atoms with Gasteiger partial charge in [0.15, 0.2) is 0 Å². The SMILES string of the molecule is Cc1ccnc(-c2ccc(C(F)(F)F)nc2)c1. The quantitative estimate of drug-likeness (QED) is 0.760. The molecule has 0 aliphatic carbocycles. The average Bonchev–Trinajstić information content (AvgIpc) is 2.28. The van der Waals surface area contributed by atoms with Crippen molar-refractivity contribution in [3.63, 3.8) is 0 Å². The zero-order chi connectivity index (χ0) is 12.5. The molecule has 2 rings (SSSR count). The normalized spacial score (nSPS) is 11.5. The molecular formula is C12H9F3N2. The Labute approximate surface area is 96.2 Å². The van der Waals surface area contributed by atoms with Gasteiger partial charge in [-0.05, 0) is 36.8 Å². The predicted octanol–water partition coefficient (Wildman–Crippen LogP) is 3.47. The molecule has 17 heavy (non-hydrogen) atoms. The summed E-state index contributed by atoms with van der Waals surface area (Å²) in [5.74, 6) is 0. The van der Waals surface area contributed by atoms with E-state index in [0.717, 1.165) is 11.6 Å². The van der Waals surface area contributed by atoms with Gasteiger partial charge in [-0.2, -0.15) is 13.2 Å². The zero-order valence-corrected chi connectivity index (χ0v) is 8.99. The Balaban J connectivity index is 2.36. The highest BCUT2D eigenvalue weighted by Gasteiger charge is 2.32. The third-order valence-corrected chi connectivity index (χ3v) is 2.27. The standard InChI is InChI=1S/C12H9F3N2/c1-8-4-5-16-10(6-8)9-2-3-11(17-7-9)12(13,14)15/h2-7H,1H3. The van der Waals surface area contributed by atoms with Crippen LogP contribution < -0.4 is 0 Å². The lowest BCUT2D eigenvalue weighted by Gasteiger charge is -2.06. The van der Waals surface area contributed by atoms with E-state index >= 15 is 0 Å². The van der Waals surface area contributed by atoms with Gasteiger partial charge >= 0.3 is 6.18 Å². The van der Waals surface area contributed by atoms with Gasteiger partial charge in [0.25, 0.3) is 0 Å². The molecule has 0 aromatic carbocycles. The van der Waals surface area contributed by atoms with Crippen LogP contribution >= 0.6 is 0 Å². The van der Waals surface area contributed by atoms with Crippen molar-refractivity contribution < 1.29 is 13.2 Å². The average molecular weight is 238 g/mol. The lowest BCUT2D eigenvalue weighted by Crippen LogP contribution is -2.07. The summed E-state index contributed by atoms with van der Waals surface area (Å²) in [5.41, 5.74) is 1.29. The Hall–Kier alpha value is -1.91. The number of pyridine rings is 2. The summed E-state index contributed by atoms with van der Waals surface area (Å²) in [6.07, 6.45) is -1.61. The summed E-state index contributed by atoms with van der Waals surface area (Å²) in [4.78, 5) is 7.47. The topological polar surface area (TPSA) is 25.8 Å². The van der Waals surface area contributed by atoms with E-state index in [1.54, 1.807) is 12.3 Å². The van der Waals surface area contributed by atoms with Crippen molar-refractivity contribution in [2.75, 3.05) is 0 Å². The van der Waals surface area contributed by atoms with Gasteiger partial charge in [0.2, 0.25) is 0 Å². The molecule has 0 atom stereocenters. The lowest BCUT2D eigenvalue weighted by molar-refractivity contribution is -0.141. The largest absolute Gasteiger partial charge is 0.433 e. The number of aromatic nitrogens is 2. The second-order valence-corrected chi connectivity index (χ2v) is 3.65. The highest BCUT2D eigenvalue weighted by Crippen LogP contribution is 2.28. The number of nitrogens with zero attached hydrogens (tertiary/aromatic N) is 2. The maximum absolute atomic E-state index is 12.3. The summed E-state index contributed by atoms with van der Waals surface area (Å²) in [5, 5.41) is 0. The number of hydrogen-bond donors (Lipinski definition) is 0. The molecule has 0 amide bonds. The van der Waals surface area contributed by atoms with Crippen molar-refractivity contribution >= 4 is 0 Å². The first-order valence-electron chi connectivity index (χ1n) is 4.93. The molecular weight excluding hydrogens is 229 g/mol. The van der Waals surface area contributed by atoms with Crippen molar-refractivity contribution in [3.8, 4) is 11.3 Å². The van der Waals surface area contributed by atoms with Crippen molar-refractivity contribution in [2.45, 2.75) is 13.1 Å². The molecule has 2 aromatic rings.